The van der Waals surface area contributed by atoms with Gasteiger partial charge in [0, 0.05) is 5.56 Å². The van der Waals surface area contributed by atoms with Gasteiger partial charge in [0.2, 0.25) is 5.91 Å². The topological polar surface area (TPSA) is 73.8 Å². The summed E-state index contributed by atoms with van der Waals surface area (Å²) in [5.74, 6) is 0.677. The van der Waals surface area contributed by atoms with Gasteiger partial charge in [-0.15, -0.1) is 0 Å². The molecule has 3 rings (SSSR count). The van der Waals surface area contributed by atoms with Crippen LogP contribution in [0.2, 0.25) is 0 Å². The Kier molecular flexibility index (Phi) is 3.70. The molecule has 1 aromatic heterocycles. The number of benzene rings is 2. The Morgan fingerprint density at radius 3 is 2.59 bits per heavy atom. The van der Waals surface area contributed by atoms with Crippen LogP contribution < -0.4 is 5.73 Å². The average molecular weight is 292 g/mol. The SMILES string of the molecule is Cc1cccc(-n2nc(CC(N)=O)nc2-c2ccccc2)c1. The molecule has 0 radical (unpaired) electrons. The standard InChI is InChI=1S/C17H16N4O/c1-12-6-5-9-14(10-12)21-17(13-7-3-2-4-8-13)19-16(20-21)11-15(18)22/h2-10H,11H2,1H3,(H2,18,22). The van der Waals surface area contributed by atoms with Gasteiger partial charge in [-0.2, -0.15) is 5.10 Å². The van der Waals surface area contributed by atoms with Gasteiger partial charge in [-0.1, -0.05) is 42.5 Å². The molecule has 0 aliphatic rings. The molecule has 0 bridgehead atoms. The van der Waals surface area contributed by atoms with E-state index in [0.29, 0.717) is 11.6 Å². The second-order valence-corrected chi connectivity index (χ2v) is 5.11. The van der Waals surface area contributed by atoms with Gasteiger partial charge < -0.3 is 5.73 Å². The van der Waals surface area contributed by atoms with Crippen molar-refractivity contribution in [1.82, 2.24) is 14.8 Å². The van der Waals surface area contributed by atoms with Crippen molar-refractivity contribution >= 4 is 5.91 Å². The summed E-state index contributed by atoms with van der Waals surface area (Å²) in [6.07, 6.45) is 0.0264. The molecule has 0 aliphatic carbocycles. The molecule has 3 aromatic rings. The van der Waals surface area contributed by atoms with Gasteiger partial charge in [0.05, 0.1) is 12.1 Å². The van der Waals surface area contributed by atoms with E-state index in [1.54, 1.807) is 4.68 Å². The number of aryl methyl sites for hydroxylation is 1. The molecule has 2 aromatic carbocycles. The maximum atomic E-state index is 11.1. The van der Waals surface area contributed by atoms with Gasteiger partial charge in [-0.3, -0.25) is 4.79 Å². The van der Waals surface area contributed by atoms with Crippen LogP contribution in [0.4, 0.5) is 0 Å². The van der Waals surface area contributed by atoms with Crippen LogP contribution in [0, 0.1) is 6.92 Å². The van der Waals surface area contributed by atoms with Crippen molar-refractivity contribution in [1.29, 1.82) is 0 Å². The summed E-state index contributed by atoms with van der Waals surface area (Å²) in [6.45, 7) is 2.02. The maximum absolute atomic E-state index is 11.1. The average Bonchev–Trinajstić information content (AvgIpc) is 2.91. The van der Waals surface area contributed by atoms with Crippen molar-refractivity contribution in [2.45, 2.75) is 13.3 Å². The molecule has 0 fully saturated rings. The van der Waals surface area contributed by atoms with E-state index in [1.165, 1.54) is 0 Å². The Hall–Kier alpha value is -2.95. The fraction of sp³-hybridized carbons (Fsp3) is 0.118. The molecule has 1 amide bonds. The number of hydrogen-bond donors (Lipinski definition) is 1. The fourth-order valence-electron chi connectivity index (χ4n) is 2.30. The molecule has 5 heteroatoms. The van der Waals surface area contributed by atoms with E-state index in [1.807, 2.05) is 61.5 Å². The number of carbonyl (C=O) groups excluding carboxylic acids is 1. The van der Waals surface area contributed by atoms with Crippen LogP contribution in [-0.4, -0.2) is 20.7 Å². The number of rotatable bonds is 4. The first-order valence-electron chi connectivity index (χ1n) is 7.00. The highest BCUT2D eigenvalue weighted by Crippen LogP contribution is 2.21. The number of primary amides is 1. The minimum Gasteiger partial charge on any atom is -0.369 e. The Morgan fingerprint density at radius 2 is 1.91 bits per heavy atom. The Balaban J connectivity index is 2.15. The van der Waals surface area contributed by atoms with Crippen molar-refractivity contribution in [3.63, 3.8) is 0 Å². The van der Waals surface area contributed by atoms with Crippen molar-refractivity contribution < 1.29 is 4.79 Å². The van der Waals surface area contributed by atoms with Crippen molar-refractivity contribution in [3.8, 4) is 17.1 Å². The lowest BCUT2D eigenvalue weighted by Gasteiger charge is -2.06. The second-order valence-electron chi connectivity index (χ2n) is 5.11. The summed E-state index contributed by atoms with van der Waals surface area (Å²) in [4.78, 5) is 15.6. The zero-order valence-electron chi connectivity index (χ0n) is 12.2. The molecular formula is C17H16N4O. The third-order valence-electron chi connectivity index (χ3n) is 3.26. The summed E-state index contributed by atoms with van der Waals surface area (Å²) in [5, 5.41) is 4.44. The minimum absolute atomic E-state index is 0.0264. The second kappa shape index (κ2) is 5.81. The fourth-order valence-corrected chi connectivity index (χ4v) is 2.30. The van der Waals surface area contributed by atoms with E-state index >= 15 is 0 Å². The quantitative estimate of drug-likeness (QED) is 0.801. The molecule has 5 nitrogen and oxygen atoms in total. The van der Waals surface area contributed by atoms with Gasteiger partial charge >= 0.3 is 0 Å². The smallest absolute Gasteiger partial charge is 0.225 e. The Labute approximate surface area is 128 Å². The largest absolute Gasteiger partial charge is 0.369 e. The summed E-state index contributed by atoms with van der Waals surface area (Å²) in [5.41, 5.74) is 8.23. The monoisotopic (exact) mass is 292 g/mol. The number of amides is 1. The Bertz CT molecular complexity index is 809. The molecule has 0 saturated carbocycles. The zero-order chi connectivity index (χ0) is 15.5. The van der Waals surface area contributed by atoms with Gasteiger partial charge in [-0.25, -0.2) is 9.67 Å². The third kappa shape index (κ3) is 2.88. The molecule has 1 heterocycles. The van der Waals surface area contributed by atoms with Crippen LogP contribution >= 0.6 is 0 Å². The summed E-state index contributed by atoms with van der Waals surface area (Å²) in [7, 11) is 0. The normalized spacial score (nSPS) is 10.6. The third-order valence-corrected chi connectivity index (χ3v) is 3.26. The van der Waals surface area contributed by atoms with Crippen LogP contribution in [0.15, 0.2) is 54.6 Å². The first kappa shape index (κ1) is 14.0. The predicted molar refractivity (Wildman–Crippen MR) is 84.4 cm³/mol. The lowest BCUT2D eigenvalue weighted by Crippen LogP contribution is -2.14. The van der Waals surface area contributed by atoms with Crippen LogP contribution in [-0.2, 0) is 11.2 Å². The first-order valence-corrected chi connectivity index (χ1v) is 7.00. The van der Waals surface area contributed by atoms with E-state index < -0.39 is 5.91 Å². The number of nitrogens with zero attached hydrogens (tertiary/aromatic N) is 3. The Morgan fingerprint density at radius 1 is 1.14 bits per heavy atom. The lowest BCUT2D eigenvalue weighted by molar-refractivity contribution is -0.117. The minimum atomic E-state index is -0.444. The van der Waals surface area contributed by atoms with Gasteiger partial charge in [0.25, 0.3) is 0 Å². The summed E-state index contributed by atoms with van der Waals surface area (Å²) >= 11 is 0. The summed E-state index contributed by atoms with van der Waals surface area (Å²) < 4.78 is 1.75. The molecule has 0 unspecified atom stereocenters. The highest BCUT2D eigenvalue weighted by atomic mass is 16.1. The van der Waals surface area contributed by atoms with Crippen LogP contribution in [0.25, 0.3) is 17.1 Å². The number of hydrogen-bond acceptors (Lipinski definition) is 3. The van der Waals surface area contributed by atoms with E-state index in [9.17, 15) is 4.79 Å². The van der Waals surface area contributed by atoms with E-state index in [-0.39, 0.29) is 6.42 Å². The zero-order valence-corrected chi connectivity index (χ0v) is 12.2. The number of aromatic nitrogens is 3. The first-order chi connectivity index (χ1) is 10.6. The molecule has 0 saturated heterocycles. The van der Waals surface area contributed by atoms with Crippen molar-refractivity contribution in [2.75, 3.05) is 0 Å². The van der Waals surface area contributed by atoms with Crippen molar-refractivity contribution in [3.05, 3.63) is 66.0 Å². The van der Waals surface area contributed by atoms with Gasteiger partial charge in [0.15, 0.2) is 11.6 Å². The van der Waals surface area contributed by atoms with E-state index in [2.05, 4.69) is 10.1 Å². The van der Waals surface area contributed by atoms with Gasteiger partial charge in [0.1, 0.15) is 0 Å². The highest BCUT2D eigenvalue weighted by Gasteiger charge is 2.14. The molecule has 110 valence electrons. The maximum Gasteiger partial charge on any atom is 0.225 e. The predicted octanol–water partition coefficient (Wildman–Crippen LogP) is 2.27. The molecule has 2 N–H and O–H groups in total. The molecule has 0 spiro atoms. The number of nitrogens with two attached hydrogens (primary N) is 1. The van der Waals surface area contributed by atoms with Crippen LogP contribution in [0.3, 0.4) is 0 Å². The molecule has 0 aliphatic heterocycles. The number of carbonyl (C=O) groups is 1. The van der Waals surface area contributed by atoms with Crippen LogP contribution in [0.1, 0.15) is 11.4 Å². The lowest BCUT2D eigenvalue weighted by atomic mass is 10.2. The summed E-state index contributed by atoms with van der Waals surface area (Å²) in [6, 6.07) is 17.7. The van der Waals surface area contributed by atoms with Crippen molar-refractivity contribution in [2.24, 2.45) is 5.73 Å². The van der Waals surface area contributed by atoms with Gasteiger partial charge in [-0.05, 0) is 24.6 Å². The van der Waals surface area contributed by atoms with Crippen LogP contribution in [0.5, 0.6) is 0 Å². The van der Waals surface area contributed by atoms with E-state index in [0.717, 1.165) is 16.8 Å². The highest BCUT2D eigenvalue weighted by molar-refractivity contribution is 5.75. The molecule has 0 atom stereocenters. The molecule has 22 heavy (non-hydrogen) atoms. The molecular weight excluding hydrogens is 276 g/mol. The van der Waals surface area contributed by atoms with E-state index in [4.69, 9.17) is 5.73 Å².